The molecule has 1 aliphatic heterocycles. The molecule has 96 valence electrons. The minimum Gasteiger partial charge on any atom is -0.494 e. The van der Waals surface area contributed by atoms with E-state index in [-0.39, 0.29) is 11.3 Å². The van der Waals surface area contributed by atoms with Gasteiger partial charge in [-0.1, -0.05) is 0 Å². The monoisotopic (exact) mass is 269 g/mol. The molecule has 0 saturated carbocycles. The average Bonchev–Trinajstić information content (AvgIpc) is 2.71. The van der Waals surface area contributed by atoms with Crippen molar-refractivity contribution in [3.8, 4) is 0 Å². The smallest absolute Gasteiger partial charge is 0.338 e. The van der Waals surface area contributed by atoms with Crippen LogP contribution in [0.25, 0.3) is 0 Å². The van der Waals surface area contributed by atoms with Gasteiger partial charge in [0.25, 0.3) is 5.91 Å². The van der Waals surface area contributed by atoms with Crippen LogP contribution in [0.2, 0.25) is 0 Å². The summed E-state index contributed by atoms with van der Waals surface area (Å²) in [5.41, 5.74) is 0.0724. The summed E-state index contributed by atoms with van der Waals surface area (Å²) < 4.78 is 10.1. The first-order valence-electron chi connectivity index (χ1n) is 5.17. The minimum absolute atomic E-state index is 0.0450. The highest BCUT2D eigenvalue weighted by Gasteiger charge is 2.20. The highest BCUT2D eigenvalue weighted by Crippen LogP contribution is 2.28. The van der Waals surface area contributed by atoms with E-state index in [4.69, 9.17) is 14.6 Å². The molecule has 0 saturated heterocycles. The summed E-state index contributed by atoms with van der Waals surface area (Å²) in [7, 11) is 0. The number of nitrogens with one attached hydrogen (secondary N) is 1. The fraction of sp³-hybridized carbons (Fsp3) is 0.273. The van der Waals surface area contributed by atoms with Crippen LogP contribution in [0.4, 0.5) is 5.00 Å². The Bertz CT molecular complexity index is 520. The first-order chi connectivity index (χ1) is 8.58. The second-order valence-electron chi connectivity index (χ2n) is 3.56. The Morgan fingerprint density at radius 3 is 2.83 bits per heavy atom. The van der Waals surface area contributed by atoms with Crippen molar-refractivity contribution in [1.29, 1.82) is 0 Å². The van der Waals surface area contributed by atoms with Gasteiger partial charge in [-0.3, -0.25) is 4.79 Å². The zero-order valence-corrected chi connectivity index (χ0v) is 10.4. The molecule has 2 N–H and O–H groups in total. The topological polar surface area (TPSA) is 84.9 Å². The van der Waals surface area contributed by atoms with E-state index in [1.807, 2.05) is 0 Å². The summed E-state index contributed by atoms with van der Waals surface area (Å²) in [6.45, 7) is 2.47. The van der Waals surface area contributed by atoms with Crippen molar-refractivity contribution < 1.29 is 24.2 Å². The number of carboxylic acids is 1. The van der Waals surface area contributed by atoms with Crippen molar-refractivity contribution >= 4 is 28.2 Å². The molecule has 0 aliphatic carbocycles. The third-order valence-corrected chi connectivity index (χ3v) is 3.15. The number of thiophene rings is 1. The maximum atomic E-state index is 11.8. The van der Waals surface area contributed by atoms with Gasteiger partial charge in [0.15, 0.2) is 0 Å². The molecule has 1 aliphatic rings. The van der Waals surface area contributed by atoms with Crippen LogP contribution in [0.1, 0.15) is 15.2 Å². The molecule has 0 bridgehead atoms. The van der Waals surface area contributed by atoms with E-state index in [0.29, 0.717) is 18.2 Å². The molecule has 1 aromatic rings. The summed E-state index contributed by atoms with van der Waals surface area (Å²) in [5.74, 6) is -1.55. The number of rotatable bonds is 3. The highest BCUT2D eigenvalue weighted by molar-refractivity contribution is 7.16. The molecule has 6 nitrogen and oxygen atoms in total. The number of hydrogen-bond donors (Lipinski definition) is 2. The van der Waals surface area contributed by atoms with Crippen molar-refractivity contribution in [3.63, 3.8) is 0 Å². The fourth-order valence-electron chi connectivity index (χ4n) is 1.42. The van der Waals surface area contributed by atoms with Gasteiger partial charge in [-0.05, 0) is 13.0 Å². The van der Waals surface area contributed by atoms with E-state index in [9.17, 15) is 9.59 Å². The number of hydrogen-bond acceptors (Lipinski definition) is 5. The quantitative estimate of drug-likeness (QED) is 0.870. The van der Waals surface area contributed by atoms with Crippen molar-refractivity contribution in [2.24, 2.45) is 0 Å². The van der Waals surface area contributed by atoms with Gasteiger partial charge < -0.3 is 19.9 Å². The van der Waals surface area contributed by atoms with Crippen LogP contribution in [0.15, 0.2) is 18.1 Å². The van der Waals surface area contributed by atoms with Crippen LogP contribution >= 0.6 is 11.3 Å². The summed E-state index contributed by atoms with van der Waals surface area (Å²) >= 11 is 1.20. The lowest BCUT2D eigenvalue weighted by molar-refractivity contribution is -0.117. The molecule has 1 aromatic heterocycles. The molecule has 0 spiro atoms. The fourth-order valence-corrected chi connectivity index (χ4v) is 2.32. The van der Waals surface area contributed by atoms with Gasteiger partial charge in [0.05, 0.1) is 5.56 Å². The Labute approximate surface area is 107 Å². The summed E-state index contributed by atoms with van der Waals surface area (Å²) in [6, 6.07) is 1.51. The lowest BCUT2D eigenvalue weighted by atomic mass is 10.3. The van der Waals surface area contributed by atoms with Crippen molar-refractivity contribution in [2.75, 3.05) is 18.5 Å². The van der Waals surface area contributed by atoms with E-state index in [2.05, 4.69) is 5.32 Å². The Hall–Kier alpha value is -2.02. The van der Waals surface area contributed by atoms with Gasteiger partial charge in [0, 0.05) is 4.88 Å². The van der Waals surface area contributed by atoms with E-state index in [1.165, 1.54) is 23.7 Å². The van der Waals surface area contributed by atoms with E-state index >= 15 is 0 Å². The number of aromatic carboxylic acids is 1. The predicted octanol–water partition coefficient (Wildman–Crippen LogP) is 1.58. The SMILES string of the molecule is Cc1cc(C(=O)O)c(NC(=O)C2=COCCO2)s1. The van der Waals surface area contributed by atoms with Crippen LogP contribution < -0.4 is 5.32 Å². The molecular weight excluding hydrogens is 258 g/mol. The van der Waals surface area contributed by atoms with Gasteiger partial charge in [-0.2, -0.15) is 0 Å². The molecule has 2 heterocycles. The number of amides is 1. The Morgan fingerprint density at radius 2 is 2.22 bits per heavy atom. The van der Waals surface area contributed by atoms with Crippen LogP contribution in [0.5, 0.6) is 0 Å². The molecular formula is C11H11NO5S. The molecule has 0 atom stereocenters. The second-order valence-corrected chi connectivity index (χ2v) is 4.82. The molecule has 0 radical (unpaired) electrons. The molecule has 1 amide bonds. The first kappa shape index (κ1) is 12.4. The van der Waals surface area contributed by atoms with E-state index in [1.54, 1.807) is 6.92 Å². The van der Waals surface area contributed by atoms with Crippen molar-refractivity contribution in [2.45, 2.75) is 6.92 Å². The van der Waals surface area contributed by atoms with Gasteiger partial charge in [0.1, 0.15) is 24.5 Å². The zero-order chi connectivity index (χ0) is 13.1. The number of carboxylic acid groups (broad SMARTS) is 1. The maximum Gasteiger partial charge on any atom is 0.338 e. The number of aryl methyl sites for hydroxylation is 1. The molecule has 18 heavy (non-hydrogen) atoms. The Morgan fingerprint density at radius 1 is 1.44 bits per heavy atom. The summed E-state index contributed by atoms with van der Waals surface area (Å²) in [6.07, 6.45) is 1.22. The highest BCUT2D eigenvalue weighted by atomic mass is 32.1. The third-order valence-electron chi connectivity index (χ3n) is 2.19. The number of carbonyl (C=O) groups is 2. The van der Waals surface area contributed by atoms with Crippen molar-refractivity contribution in [1.82, 2.24) is 0 Å². The average molecular weight is 269 g/mol. The molecule has 0 unspecified atom stereocenters. The number of carbonyl (C=O) groups excluding carboxylic acids is 1. The summed E-state index contributed by atoms with van der Waals surface area (Å²) in [4.78, 5) is 23.6. The number of ether oxygens (including phenoxy) is 2. The Balaban J connectivity index is 2.16. The normalized spacial score (nSPS) is 14.2. The molecule has 0 fully saturated rings. The zero-order valence-electron chi connectivity index (χ0n) is 9.56. The first-order valence-corrected chi connectivity index (χ1v) is 5.99. The molecule has 0 aromatic carbocycles. The maximum absolute atomic E-state index is 11.8. The lowest BCUT2D eigenvalue weighted by Gasteiger charge is -2.14. The largest absolute Gasteiger partial charge is 0.494 e. The van der Waals surface area contributed by atoms with E-state index in [0.717, 1.165) is 4.88 Å². The Kier molecular flexibility index (Phi) is 3.52. The van der Waals surface area contributed by atoms with Crippen LogP contribution in [-0.4, -0.2) is 30.2 Å². The number of anilines is 1. The standard InChI is InChI=1S/C11H11NO5S/c1-6-4-7(11(14)15)10(18-6)12-9(13)8-5-16-2-3-17-8/h4-5H,2-3H2,1H3,(H,12,13)(H,14,15). The molecule has 2 rings (SSSR count). The van der Waals surface area contributed by atoms with Crippen LogP contribution in [0, 0.1) is 6.92 Å². The van der Waals surface area contributed by atoms with Crippen LogP contribution in [-0.2, 0) is 14.3 Å². The van der Waals surface area contributed by atoms with Gasteiger partial charge in [-0.15, -0.1) is 11.3 Å². The van der Waals surface area contributed by atoms with Gasteiger partial charge >= 0.3 is 5.97 Å². The second kappa shape index (κ2) is 5.09. The van der Waals surface area contributed by atoms with Gasteiger partial charge in [0.2, 0.25) is 5.76 Å². The van der Waals surface area contributed by atoms with Crippen molar-refractivity contribution in [3.05, 3.63) is 28.5 Å². The van der Waals surface area contributed by atoms with Gasteiger partial charge in [-0.25, -0.2) is 4.79 Å². The van der Waals surface area contributed by atoms with E-state index < -0.39 is 11.9 Å². The third kappa shape index (κ3) is 2.62. The lowest BCUT2D eigenvalue weighted by Crippen LogP contribution is -2.21. The molecule has 7 heteroatoms. The summed E-state index contributed by atoms with van der Waals surface area (Å²) in [5, 5.41) is 11.8. The van der Waals surface area contributed by atoms with Crippen LogP contribution in [0.3, 0.4) is 0 Å². The minimum atomic E-state index is -1.08. The predicted molar refractivity (Wildman–Crippen MR) is 64.6 cm³/mol.